The number of Topliss-reactive ketones (excluding diaryl/α,β-unsaturated/α-hetero) is 1. The molecule has 2 nitrogen and oxygen atoms in total. The number of aldehydes is 1. The second kappa shape index (κ2) is 9.96. The van der Waals surface area contributed by atoms with E-state index in [2.05, 4.69) is 46.8 Å². The average molecular weight is 333 g/mol. The molecule has 0 spiro atoms. The van der Waals surface area contributed by atoms with Gasteiger partial charge in [-0.15, -0.1) is 0 Å². The number of carbonyl (C=O) groups is 2. The minimum Gasteiger partial charge on any atom is -0.299 e. The fourth-order valence-electron chi connectivity index (χ4n) is 4.43. The van der Waals surface area contributed by atoms with Crippen molar-refractivity contribution in [3.05, 3.63) is 24.3 Å². The van der Waals surface area contributed by atoms with Crippen molar-refractivity contribution in [1.82, 2.24) is 0 Å². The molecule has 136 valence electrons. The van der Waals surface area contributed by atoms with Crippen LogP contribution in [-0.2, 0) is 9.59 Å². The summed E-state index contributed by atoms with van der Waals surface area (Å²) in [7, 11) is 0. The molecule has 0 bridgehead atoms. The Morgan fingerprint density at radius 1 is 1.17 bits per heavy atom. The first kappa shape index (κ1) is 20.9. The molecule has 2 heteroatoms. The van der Waals surface area contributed by atoms with E-state index in [1.54, 1.807) is 6.08 Å². The van der Waals surface area contributed by atoms with Gasteiger partial charge in [0.2, 0.25) is 0 Å². The van der Waals surface area contributed by atoms with Crippen LogP contribution in [0.3, 0.4) is 0 Å². The summed E-state index contributed by atoms with van der Waals surface area (Å²) in [5.41, 5.74) is 0.134. The van der Waals surface area contributed by atoms with E-state index < -0.39 is 0 Å². The minimum atomic E-state index is 0.134. The van der Waals surface area contributed by atoms with Gasteiger partial charge < -0.3 is 0 Å². The molecule has 0 aromatic rings. The molecule has 0 aromatic carbocycles. The smallest absolute Gasteiger partial charge is 0.142 e. The van der Waals surface area contributed by atoms with Gasteiger partial charge in [0.05, 0.1) is 0 Å². The summed E-state index contributed by atoms with van der Waals surface area (Å²) in [5.74, 6) is 2.33. The summed E-state index contributed by atoms with van der Waals surface area (Å²) in [6.45, 7) is 11.2. The van der Waals surface area contributed by atoms with Gasteiger partial charge >= 0.3 is 0 Å². The van der Waals surface area contributed by atoms with Crippen LogP contribution in [0.1, 0.15) is 73.1 Å². The lowest BCUT2D eigenvalue weighted by Crippen LogP contribution is -2.33. The molecule has 1 saturated carbocycles. The van der Waals surface area contributed by atoms with E-state index in [1.165, 1.54) is 0 Å². The third kappa shape index (κ3) is 6.03. The Kier molecular flexibility index (Phi) is 8.66. The van der Waals surface area contributed by atoms with Crippen LogP contribution in [0.2, 0.25) is 0 Å². The van der Waals surface area contributed by atoms with E-state index in [4.69, 9.17) is 0 Å². The molecule has 24 heavy (non-hydrogen) atoms. The van der Waals surface area contributed by atoms with Gasteiger partial charge in [-0.05, 0) is 68.3 Å². The molecule has 1 aliphatic carbocycles. The summed E-state index contributed by atoms with van der Waals surface area (Å²) in [5, 5.41) is 0. The van der Waals surface area contributed by atoms with Crippen LogP contribution in [0.4, 0.5) is 0 Å². The Balaban J connectivity index is 3.06. The maximum absolute atomic E-state index is 12.3. The molecular weight excluding hydrogens is 296 g/mol. The quantitative estimate of drug-likeness (QED) is 0.351. The predicted molar refractivity (Wildman–Crippen MR) is 102 cm³/mol. The van der Waals surface area contributed by atoms with Crippen molar-refractivity contribution >= 4 is 12.1 Å². The molecule has 0 N–H and O–H groups in total. The van der Waals surface area contributed by atoms with Gasteiger partial charge in [0, 0.05) is 12.3 Å². The maximum Gasteiger partial charge on any atom is 0.142 e. The van der Waals surface area contributed by atoms with E-state index in [-0.39, 0.29) is 11.3 Å². The van der Waals surface area contributed by atoms with Crippen molar-refractivity contribution in [3.8, 4) is 0 Å². The van der Waals surface area contributed by atoms with Crippen molar-refractivity contribution in [2.24, 2.45) is 29.1 Å². The van der Waals surface area contributed by atoms with Gasteiger partial charge in [0.1, 0.15) is 12.1 Å². The summed E-state index contributed by atoms with van der Waals surface area (Å²) in [4.78, 5) is 22.8. The molecule has 3 unspecified atom stereocenters. The molecule has 4 atom stereocenters. The molecular formula is C22H36O2. The van der Waals surface area contributed by atoms with Crippen LogP contribution >= 0.6 is 0 Å². The zero-order valence-corrected chi connectivity index (χ0v) is 16.3. The van der Waals surface area contributed by atoms with Crippen molar-refractivity contribution < 1.29 is 9.59 Å². The number of allylic oxidation sites excluding steroid dienone is 4. The van der Waals surface area contributed by atoms with Crippen LogP contribution in [0.15, 0.2) is 24.3 Å². The number of ketones is 1. The number of hydrogen-bond donors (Lipinski definition) is 0. The normalized spacial score (nSPS) is 30.3. The van der Waals surface area contributed by atoms with Gasteiger partial charge in [-0.3, -0.25) is 9.59 Å². The molecule has 0 aliphatic heterocycles. The van der Waals surface area contributed by atoms with Crippen molar-refractivity contribution in [1.29, 1.82) is 0 Å². The molecule has 1 rings (SSSR count). The highest BCUT2D eigenvalue weighted by Gasteiger charge is 2.37. The first-order chi connectivity index (χ1) is 11.3. The van der Waals surface area contributed by atoms with Crippen molar-refractivity contribution in [2.45, 2.75) is 73.1 Å². The maximum atomic E-state index is 12.3. The first-order valence-corrected chi connectivity index (χ1v) is 9.60. The van der Waals surface area contributed by atoms with Crippen LogP contribution in [0.25, 0.3) is 0 Å². The third-order valence-electron chi connectivity index (χ3n) is 5.99. The fraction of sp³-hybridized carbons (Fsp3) is 0.727. The van der Waals surface area contributed by atoms with E-state index in [0.717, 1.165) is 44.8 Å². The zero-order valence-electron chi connectivity index (χ0n) is 16.3. The SMILES string of the molecule is C/C=C\C(C)(C)C1CC[C@H](C)C(=O)CCC(C)C1CC/C=C/C=O. The monoisotopic (exact) mass is 332 g/mol. The van der Waals surface area contributed by atoms with Gasteiger partial charge in [0.15, 0.2) is 0 Å². The molecule has 0 saturated heterocycles. The van der Waals surface area contributed by atoms with E-state index in [1.807, 2.05) is 6.08 Å². The highest BCUT2D eigenvalue weighted by molar-refractivity contribution is 5.80. The fourth-order valence-corrected chi connectivity index (χ4v) is 4.43. The highest BCUT2D eigenvalue weighted by atomic mass is 16.1. The van der Waals surface area contributed by atoms with Crippen LogP contribution in [0.5, 0.6) is 0 Å². The second-order valence-corrected chi connectivity index (χ2v) is 8.19. The molecule has 0 radical (unpaired) electrons. The Hall–Kier alpha value is -1.18. The lowest BCUT2D eigenvalue weighted by atomic mass is 9.64. The molecule has 1 fully saturated rings. The van der Waals surface area contributed by atoms with Crippen molar-refractivity contribution in [2.75, 3.05) is 0 Å². The first-order valence-electron chi connectivity index (χ1n) is 9.60. The van der Waals surface area contributed by atoms with Crippen LogP contribution < -0.4 is 0 Å². The van der Waals surface area contributed by atoms with E-state index in [0.29, 0.717) is 23.5 Å². The third-order valence-corrected chi connectivity index (χ3v) is 5.99. The summed E-state index contributed by atoms with van der Waals surface area (Å²) >= 11 is 0. The Bertz CT molecular complexity index is 459. The van der Waals surface area contributed by atoms with Gasteiger partial charge in [-0.1, -0.05) is 45.9 Å². The zero-order chi connectivity index (χ0) is 18.2. The largest absolute Gasteiger partial charge is 0.299 e. The summed E-state index contributed by atoms with van der Waals surface area (Å²) in [6.07, 6.45) is 14.8. The topological polar surface area (TPSA) is 34.1 Å². The Morgan fingerprint density at radius 3 is 2.50 bits per heavy atom. The van der Waals surface area contributed by atoms with E-state index >= 15 is 0 Å². The second-order valence-electron chi connectivity index (χ2n) is 8.19. The number of rotatable bonds is 6. The average Bonchev–Trinajstić information content (AvgIpc) is 2.57. The number of hydrogen-bond acceptors (Lipinski definition) is 2. The molecule has 0 amide bonds. The van der Waals surface area contributed by atoms with Gasteiger partial charge in [0.25, 0.3) is 0 Å². The summed E-state index contributed by atoms with van der Waals surface area (Å²) < 4.78 is 0. The highest BCUT2D eigenvalue weighted by Crippen LogP contribution is 2.45. The molecule has 0 aromatic heterocycles. The Labute approximate surface area is 148 Å². The van der Waals surface area contributed by atoms with Crippen LogP contribution in [-0.4, -0.2) is 12.1 Å². The summed E-state index contributed by atoms with van der Waals surface area (Å²) in [6, 6.07) is 0. The van der Waals surface area contributed by atoms with E-state index in [9.17, 15) is 9.59 Å². The van der Waals surface area contributed by atoms with Crippen molar-refractivity contribution in [3.63, 3.8) is 0 Å². The minimum absolute atomic E-state index is 0.134. The molecule has 1 aliphatic rings. The predicted octanol–water partition coefficient (Wildman–Crippen LogP) is 5.77. The van der Waals surface area contributed by atoms with Gasteiger partial charge in [-0.2, -0.15) is 0 Å². The standard InChI is InChI=1S/C22H36O2/c1-6-15-22(4,5)20-13-11-18(3)21(24)14-12-17(2)19(20)10-8-7-9-16-23/h6-7,9,15-20H,8,10-14H2,1-5H3/b9-7+,15-6-/t17?,18-,19?,20?/m0/s1. The molecule has 0 heterocycles. The number of carbonyl (C=O) groups excluding carboxylic acids is 2. The Morgan fingerprint density at radius 2 is 1.88 bits per heavy atom. The lowest BCUT2D eigenvalue weighted by Gasteiger charge is -2.41. The van der Waals surface area contributed by atoms with Crippen LogP contribution in [0, 0.1) is 29.1 Å². The van der Waals surface area contributed by atoms with Gasteiger partial charge in [-0.25, -0.2) is 0 Å². The lowest BCUT2D eigenvalue weighted by molar-refractivity contribution is -0.122.